The summed E-state index contributed by atoms with van der Waals surface area (Å²) in [6, 6.07) is 0. The van der Waals surface area contributed by atoms with E-state index in [1.54, 1.807) is 0 Å². The van der Waals surface area contributed by atoms with Crippen molar-refractivity contribution in [3.05, 3.63) is 0 Å². The second kappa shape index (κ2) is 5.48. The fourth-order valence-electron chi connectivity index (χ4n) is 0.760. The Kier molecular flexibility index (Phi) is 5.91. The fourth-order valence-corrected chi connectivity index (χ4v) is 1.38. The zero-order chi connectivity index (χ0) is 7.28. The van der Waals surface area contributed by atoms with Crippen molar-refractivity contribution in [1.29, 1.82) is 0 Å². The van der Waals surface area contributed by atoms with E-state index in [9.17, 15) is 0 Å². The smallest absolute Gasteiger partial charge is 0.0133 e. The summed E-state index contributed by atoms with van der Waals surface area (Å²) in [5.74, 6) is 0. The summed E-state index contributed by atoms with van der Waals surface area (Å²) in [6.07, 6.45) is 3.52. The fraction of sp³-hybridized carbons (Fsp3) is 1.00. The third-order valence-corrected chi connectivity index (χ3v) is 3.03. The van der Waals surface area contributed by atoms with Gasteiger partial charge in [0, 0.05) is 10.5 Å². The molecule has 0 saturated carbocycles. The van der Waals surface area contributed by atoms with Gasteiger partial charge >= 0.3 is 0 Å². The van der Waals surface area contributed by atoms with E-state index in [2.05, 4.69) is 39.1 Å². The highest BCUT2D eigenvalue weighted by Crippen LogP contribution is 2.16. The van der Waals surface area contributed by atoms with Crippen molar-refractivity contribution in [2.45, 2.75) is 43.6 Å². The number of rotatable bonds is 4. The van der Waals surface area contributed by atoms with Gasteiger partial charge in [-0.15, -0.1) is 0 Å². The Morgan fingerprint density at radius 3 is 2.00 bits per heavy atom. The Balaban J connectivity index is 3.32. The number of hydrogen-bond acceptors (Lipinski definition) is 2. The van der Waals surface area contributed by atoms with Crippen LogP contribution in [-0.4, -0.2) is 10.5 Å². The molecule has 0 radical (unpaired) electrons. The molecule has 0 aromatic rings. The maximum absolute atomic E-state index is 4.41. The Bertz CT molecular complexity index is 63.9. The summed E-state index contributed by atoms with van der Waals surface area (Å²) >= 11 is 8.79. The molecule has 2 heteroatoms. The third-order valence-electron chi connectivity index (χ3n) is 1.45. The standard InChI is InChI=1S/C7H16S2/c1-3-5-7(9)6(8)4-2/h6-9H,3-5H2,1-2H3. The molecular weight excluding hydrogens is 148 g/mol. The van der Waals surface area contributed by atoms with E-state index in [0.29, 0.717) is 10.5 Å². The highest BCUT2D eigenvalue weighted by Gasteiger charge is 2.09. The normalized spacial score (nSPS) is 17.3. The van der Waals surface area contributed by atoms with Gasteiger partial charge in [0.05, 0.1) is 0 Å². The molecule has 0 nitrogen and oxygen atoms in total. The minimum Gasteiger partial charge on any atom is -0.175 e. The molecule has 0 bridgehead atoms. The predicted molar refractivity (Wildman–Crippen MR) is 50.7 cm³/mol. The van der Waals surface area contributed by atoms with Gasteiger partial charge in [0.1, 0.15) is 0 Å². The van der Waals surface area contributed by atoms with Gasteiger partial charge in [-0.05, 0) is 12.8 Å². The average molecular weight is 164 g/mol. The molecule has 0 spiro atoms. The van der Waals surface area contributed by atoms with Crippen LogP contribution in [0.3, 0.4) is 0 Å². The molecule has 0 heterocycles. The van der Waals surface area contributed by atoms with Gasteiger partial charge in [-0.3, -0.25) is 0 Å². The quantitative estimate of drug-likeness (QED) is 0.587. The van der Waals surface area contributed by atoms with E-state index >= 15 is 0 Å². The largest absolute Gasteiger partial charge is 0.175 e. The van der Waals surface area contributed by atoms with Crippen LogP contribution in [0, 0.1) is 0 Å². The second-order valence-corrected chi connectivity index (χ2v) is 3.66. The first-order valence-corrected chi connectivity index (χ1v) is 4.61. The van der Waals surface area contributed by atoms with Crippen LogP contribution in [0.5, 0.6) is 0 Å². The average Bonchev–Trinajstić information content (AvgIpc) is 1.87. The zero-order valence-electron chi connectivity index (χ0n) is 6.17. The highest BCUT2D eigenvalue weighted by atomic mass is 32.1. The summed E-state index contributed by atoms with van der Waals surface area (Å²) in [5.41, 5.74) is 0. The maximum Gasteiger partial charge on any atom is 0.0133 e. The number of hydrogen-bond donors (Lipinski definition) is 2. The first-order valence-electron chi connectivity index (χ1n) is 3.58. The molecule has 0 aliphatic rings. The molecule has 0 N–H and O–H groups in total. The molecule has 0 aliphatic heterocycles. The first-order chi connectivity index (χ1) is 4.22. The van der Waals surface area contributed by atoms with Gasteiger partial charge in [-0.1, -0.05) is 20.3 Å². The molecule has 2 unspecified atom stereocenters. The van der Waals surface area contributed by atoms with Crippen LogP contribution in [0.15, 0.2) is 0 Å². The van der Waals surface area contributed by atoms with Crippen LogP contribution >= 0.6 is 25.3 Å². The van der Waals surface area contributed by atoms with Crippen LogP contribution in [0.25, 0.3) is 0 Å². The van der Waals surface area contributed by atoms with Gasteiger partial charge in [0.25, 0.3) is 0 Å². The first kappa shape index (κ1) is 9.70. The summed E-state index contributed by atoms with van der Waals surface area (Å²) in [5, 5.41) is 0.969. The van der Waals surface area contributed by atoms with E-state index in [-0.39, 0.29) is 0 Å². The van der Waals surface area contributed by atoms with E-state index in [1.165, 1.54) is 12.8 Å². The number of thiol groups is 2. The minimum absolute atomic E-state index is 0.480. The third kappa shape index (κ3) is 4.15. The lowest BCUT2D eigenvalue weighted by molar-refractivity contribution is 0.693. The van der Waals surface area contributed by atoms with Crippen LogP contribution in [-0.2, 0) is 0 Å². The maximum atomic E-state index is 4.41. The Labute approximate surface area is 69.2 Å². The van der Waals surface area contributed by atoms with Crippen molar-refractivity contribution in [3.8, 4) is 0 Å². The predicted octanol–water partition coefficient (Wildman–Crippen LogP) is 2.79. The summed E-state index contributed by atoms with van der Waals surface area (Å²) in [4.78, 5) is 0. The van der Waals surface area contributed by atoms with E-state index in [0.717, 1.165) is 6.42 Å². The SMILES string of the molecule is CCCC(S)C(S)CC. The van der Waals surface area contributed by atoms with Gasteiger partial charge in [-0.25, -0.2) is 0 Å². The Morgan fingerprint density at radius 1 is 1.11 bits per heavy atom. The molecule has 0 rings (SSSR count). The minimum atomic E-state index is 0.480. The lowest BCUT2D eigenvalue weighted by Crippen LogP contribution is -2.13. The van der Waals surface area contributed by atoms with Crippen LogP contribution in [0.2, 0.25) is 0 Å². The zero-order valence-corrected chi connectivity index (χ0v) is 7.96. The lowest BCUT2D eigenvalue weighted by Gasteiger charge is -2.14. The summed E-state index contributed by atoms with van der Waals surface area (Å²) in [7, 11) is 0. The van der Waals surface area contributed by atoms with E-state index in [1.807, 2.05) is 0 Å². The van der Waals surface area contributed by atoms with Crippen LogP contribution in [0.4, 0.5) is 0 Å². The van der Waals surface area contributed by atoms with Gasteiger partial charge < -0.3 is 0 Å². The summed E-state index contributed by atoms with van der Waals surface area (Å²) in [6.45, 7) is 4.33. The van der Waals surface area contributed by atoms with Crippen molar-refractivity contribution in [3.63, 3.8) is 0 Å². The van der Waals surface area contributed by atoms with Gasteiger partial charge in [0.15, 0.2) is 0 Å². The molecular formula is C7H16S2. The Morgan fingerprint density at radius 2 is 1.67 bits per heavy atom. The van der Waals surface area contributed by atoms with E-state index in [4.69, 9.17) is 0 Å². The molecule has 0 amide bonds. The molecule has 0 fully saturated rings. The molecule has 9 heavy (non-hydrogen) atoms. The molecule has 0 aromatic carbocycles. The topological polar surface area (TPSA) is 0 Å². The second-order valence-electron chi connectivity index (χ2n) is 2.33. The van der Waals surface area contributed by atoms with Crippen LogP contribution in [0.1, 0.15) is 33.1 Å². The molecule has 0 saturated heterocycles. The van der Waals surface area contributed by atoms with Crippen molar-refractivity contribution in [2.24, 2.45) is 0 Å². The highest BCUT2D eigenvalue weighted by molar-refractivity contribution is 7.85. The molecule has 56 valence electrons. The summed E-state index contributed by atoms with van der Waals surface area (Å²) < 4.78 is 0. The van der Waals surface area contributed by atoms with Crippen molar-refractivity contribution >= 4 is 25.3 Å². The van der Waals surface area contributed by atoms with Crippen molar-refractivity contribution in [1.82, 2.24) is 0 Å². The van der Waals surface area contributed by atoms with E-state index < -0.39 is 0 Å². The van der Waals surface area contributed by atoms with Gasteiger partial charge in [0.2, 0.25) is 0 Å². The van der Waals surface area contributed by atoms with Crippen molar-refractivity contribution < 1.29 is 0 Å². The lowest BCUT2D eigenvalue weighted by atomic mass is 10.1. The molecule has 2 atom stereocenters. The van der Waals surface area contributed by atoms with Crippen LogP contribution < -0.4 is 0 Å². The van der Waals surface area contributed by atoms with Gasteiger partial charge in [-0.2, -0.15) is 25.3 Å². The molecule has 0 aliphatic carbocycles. The van der Waals surface area contributed by atoms with Crippen molar-refractivity contribution in [2.75, 3.05) is 0 Å². The monoisotopic (exact) mass is 164 g/mol. The Hall–Kier alpha value is 0.700. The molecule has 0 aromatic heterocycles.